The van der Waals surface area contributed by atoms with Gasteiger partial charge in [-0.1, -0.05) is 17.2 Å². The average molecular weight is 489 g/mol. The van der Waals surface area contributed by atoms with Gasteiger partial charge in [-0.05, 0) is 60.9 Å². The Morgan fingerprint density at radius 2 is 2.03 bits per heavy atom. The summed E-state index contributed by atoms with van der Waals surface area (Å²) in [5, 5.41) is 4.66. The zero-order valence-electron chi connectivity index (χ0n) is 17.9. The number of methoxy groups -OCH3 is 1. The molecule has 1 atom stereocenters. The van der Waals surface area contributed by atoms with Crippen molar-refractivity contribution >= 4 is 27.7 Å². The normalized spacial score (nSPS) is 20.8. The van der Waals surface area contributed by atoms with E-state index in [1.165, 1.54) is 34.8 Å². The highest BCUT2D eigenvalue weighted by Crippen LogP contribution is 2.45. The van der Waals surface area contributed by atoms with Gasteiger partial charge in [0.2, 0.25) is 10.0 Å². The molecule has 3 aromatic rings. The first-order valence-electron chi connectivity index (χ1n) is 10.5. The molecular weight excluding hydrogens is 467 g/mol. The SMILES string of the molecule is COCC12Cc3cnn(-c4ccc(F)cc4)c3C=C1CCN(S(=O)(=O)c1ccnc(Cl)c1)C2. The van der Waals surface area contributed by atoms with Crippen LogP contribution in [0.15, 0.2) is 59.3 Å². The zero-order valence-corrected chi connectivity index (χ0v) is 19.5. The lowest BCUT2D eigenvalue weighted by Crippen LogP contribution is -2.51. The lowest BCUT2D eigenvalue weighted by Gasteiger charge is -2.45. The number of halogens is 2. The van der Waals surface area contributed by atoms with Crippen molar-refractivity contribution in [2.75, 3.05) is 26.8 Å². The molecule has 33 heavy (non-hydrogen) atoms. The van der Waals surface area contributed by atoms with Gasteiger partial charge in [0.05, 0.1) is 29.1 Å². The number of hydrogen-bond donors (Lipinski definition) is 0. The van der Waals surface area contributed by atoms with Crippen LogP contribution in [0, 0.1) is 11.2 Å². The van der Waals surface area contributed by atoms with Crippen LogP contribution in [0.3, 0.4) is 0 Å². The van der Waals surface area contributed by atoms with E-state index in [0.29, 0.717) is 26.0 Å². The van der Waals surface area contributed by atoms with Gasteiger partial charge in [0.25, 0.3) is 0 Å². The van der Waals surface area contributed by atoms with E-state index in [9.17, 15) is 12.8 Å². The van der Waals surface area contributed by atoms with Crippen molar-refractivity contribution in [3.8, 4) is 5.69 Å². The van der Waals surface area contributed by atoms with Crippen LogP contribution in [-0.2, 0) is 21.2 Å². The molecule has 1 unspecified atom stereocenters. The molecule has 0 radical (unpaired) electrons. The van der Waals surface area contributed by atoms with Gasteiger partial charge in [-0.2, -0.15) is 9.40 Å². The second-order valence-corrected chi connectivity index (χ2v) is 10.7. The monoisotopic (exact) mass is 488 g/mol. The number of pyridine rings is 1. The second kappa shape index (κ2) is 8.32. The molecular formula is C23H22ClFN4O3S. The highest BCUT2D eigenvalue weighted by atomic mass is 35.5. The van der Waals surface area contributed by atoms with Crippen LogP contribution in [0.25, 0.3) is 11.8 Å². The lowest BCUT2D eigenvalue weighted by atomic mass is 9.69. The molecule has 1 aliphatic carbocycles. The Bertz CT molecular complexity index is 1340. The second-order valence-electron chi connectivity index (χ2n) is 8.41. The van der Waals surface area contributed by atoms with Gasteiger partial charge in [0, 0.05) is 31.8 Å². The summed E-state index contributed by atoms with van der Waals surface area (Å²) < 4.78 is 49.0. The maximum atomic E-state index is 13.4. The highest BCUT2D eigenvalue weighted by molar-refractivity contribution is 7.89. The number of nitrogens with zero attached hydrogens (tertiary/aromatic N) is 4. The summed E-state index contributed by atoms with van der Waals surface area (Å²) in [7, 11) is -2.12. The Morgan fingerprint density at radius 3 is 2.76 bits per heavy atom. The van der Waals surface area contributed by atoms with Gasteiger partial charge in [0.15, 0.2) is 0 Å². The topological polar surface area (TPSA) is 77.3 Å². The molecule has 7 nitrogen and oxygen atoms in total. The maximum Gasteiger partial charge on any atom is 0.243 e. The molecule has 5 rings (SSSR count). The third-order valence-electron chi connectivity index (χ3n) is 6.34. The number of fused-ring (bicyclic) bond motifs is 2. The Kier molecular flexibility index (Phi) is 5.60. The molecule has 1 aromatic carbocycles. The Labute approximate surface area is 196 Å². The van der Waals surface area contributed by atoms with Crippen LogP contribution in [0.1, 0.15) is 17.7 Å². The minimum atomic E-state index is -3.74. The molecule has 1 saturated heterocycles. The highest BCUT2D eigenvalue weighted by Gasteiger charge is 2.46. The van der Waals surface area contributed by atoms with Crippen molar-refractivity contribution in [1.29, 1.82) is 0 Å². The summed E-state index contributed by atoms with van der Waals surface area (Å²) in [4.78, 5) is 4.02. The van der Waals surface area contributed by atoms with Gasteiger partial charge in [-0.3, -0.25) is 0 Å². The predicted octanol–water partition coefficient (Wildman–Crippen LogP) is 3.73. The summed E-state index contributed by atoms with van der Waals surface area (Å²) >= 11 is 5.94. The van der Waals surface area contributed by atoms with Crippen LogP contribution in [0.5, 0.6) is 0 Å². The summed E-state index contributed by atoms with van der Waals surface area (Å²) in [6, 6.07) is 9.02. The summed E-state index contributed by atoms with van der Waals surface area (Å²) in [5.74, 6) is -0.304. The Morgan fingerprint density at radius 1 is 1.24 bits per heavy atom. The van der Waals surface area contributed by atoms with Gasteiger partial charge < -0.3 is 4.74 Å². The number of sulfonamides is 1. The number of rotatable bonds is 5. The number of piperidine rings is 1. The van der Waals surface area contributed by atoms with Gasteiger partial charge >= 0.3 is 0 Å². The molecule has 0 amide bonds. The lowest BCUT2D eigenvalue weighted by molar-refractivity contribution is 0.0733. The fourth-order valence-electron chi connectivity index (χ4n) is 4.79. The zero-order chi connectivity index (χ0) is 23.2. The minimum absolute atomic E-state index is 0.128. The number of ether oxygens (including phenoxy) is 1. The minimum Gasteiger partial charge on any atom is -0.384 e. The van der Waals surface area contributed by atoms with E-state index in [-0.39, 0.29) is 22.4 Å². The van der Waals surface area contributed by atoms with Crippen LogP contribution in [-0.4, -0.2) is 54.3 Å². The standard InChI is InChI=1S/C23H22ClFN4O3S/c1-32-15-23-12-16-13-27-29(19-4-2-18(25)3-5-19)21(16)10-17(23)7-9-28(14-23)33(30,31)20-6-8-26-22(24)11-20/h2-6,8,10-11,13H,7,9,12,14-15H2,1H3. The van der Waals surface area contributed by atoms with Crippen molar-refractivity contribution < 1.29 is 17.5 Å². The first kappa shape index (κ1) is 22.2. The molecule has 0 N–H and O–H groups in total. The third kappa shape index (κ3) is 3.89. The van der Waals surface area contributed by atoms with E-state index in [2.05, 4.69) is 16.2 Å². The molecule has 1 aliphatic heterocycles. The van der Waals surface area contributed by atoms with Crippen LogP contribution in [0.2, 0.25) is 5.15 Å². The Hall–Kier alpha value is -2.59. The van der Waals surface area contributed by atoms with E-state index >= 15 is 0 Å². The largest absolute Gasteiger partial charge is 0.384 e. The summed E-state index contributed by atoms with van der Waals surface area (Å²) in [6.45, 7) is 1.01. The Balaban J connectivity index is 1.51. The van der Waals surface area contributed by atoms with E-state index in [1.807, 2.05) is 0 Å². The quantitative estimate of drug-likeness (QED) is 0.511. The van der Waals surface area contributed by atoms with Crippen molar-refractivity contribution in [2.45, 2.75) is 17.7 Å². The van der Waals surface area contributed by atoms with Gasteiger partial charge in [-0.15, -0.1) is 0 Å². The van der Waals surface area contributed by atoms with E-state index in [0.717, 1.165) is 22.5 Å². The van der Waals surface area contributed by atoms with Crippen molar-refractivity contribution in [3.05, 3.63) is 76.6 Å². The smallest absolute Gasteiger partial charge is 0.243 e. The van der Waals surface area contributed by atoms with Crippen LogP contribution in [0.4, 0.5) is 4.39 Å². The molecule has 3 heterocycles. The molecule has 0 bridgehead atoms. The van der Waals surface area contributed by atoms with Crippen molar-refractivity contribution in [3.63, 3.8) is 0 Å². The van der Waals surface area contributed by atoms with Crippen LogP contribution < -0.4 is 0 Å². The fourth-order valence-corrected chi connectivity index (χ4v) is 6.57. The van der Waals surface area contributed by atoms with Crippen LogP contribution >= 0.6 is 11.6 Å². The molecule has 0 spiro atoms. The van der Waals surface area contributed by atoms with Crippen molar-refractivity contribution in [1.82, 2.24) is 19.1 Å². The molecule has 1 fully saturated rings. The predicted molar refractivity (Wildman–Crippen MR) is 122 cm³/mol. The number of benzene rings is 1. The fraction of sp³-hybridized carbons (Fsp3) is 0.304. The van der Waals surface area contributed by atoms with Gasteiger partial charge in [-0.25, -0.2) is 22.5 Å². The molecule has 0 saturated carbocycles. The van der Waals surface area contributed by atoms with E-state index in [4.69, 9.17) is 16.3 Å². The average Bonchev–Trinajstić information content (AvgIpc) is 3.20. The van der Waals surface area contributed by atoms with E-state index < -0.39 is 15.4 Å². The summed E-state index contributed by atoms with van der Waals surface area (Å²) in [5.41, 5.74) is 3.32. The first-order chi connectivity index (χ1) is 15.8. The van der Waals surface area contributed by atoms with E-state index in [1.54, 1.807) is 30.1 Å². The molecule has 2 aliphatic rings. The number of aromatic nitrogens is 3. The summed E-state index contributed by atoms with van der Waals surface area (Å²) in [6.07, 6.45) is 6.43. The molecule has 172 valence electrons. The number of hydrogen-bond acceptors (Lipinski definition) is 5. The molecule has 10 heteroatoms. The van der Waals surface area contributed by atoms with Gasteiger partial charge in [0.1, 0.15) is 11.0 Å². The van der Waals surface area contributed by atoms with Crippen molar-refractivity contribution in [2.24, 2.45) is 5.41 Å². The first-order valence-corrected chi connectivity index (χ1v) is 12.3. The maximum absolute atomic E-state index is 13.4. The third-order valence-corrected chi connectivity index (χ3v) is 8.39. The molecule has 2 aromatic heterocycles.